The van der Waals surface area contributed by atoms with Gasteiger partial charge in [0.05, 0.1) is 23.5 Å². The minimum Gasteiger partial charge on any atom is -0.382 e. The Bertz CT molecular complexity index is 517. The molecule has 1 saturated heterocycles. The fourth-order valence-corrected chi connectivity index (χ4v) is 2.49. The largest absolute Gasteiger partial charge is 0.382 e. The Hall–Kier alpha value is -1.62. The number of carbonyl (C=O) groups is 1. The summed E-state index contributed by atoms with van der Waals surface area (Å²) in [5.74, 6) is -0.536. The number of anilines is 1. The van der Waals surface area contributed by atoms with Gasteiger partial charge in [-0.3, -0.25) is 4.79 Å². The Labute approximate surface area is 125 Å². The van der Waals surface area contributed by atoms with E-state index in [9.17, 15) is 9.18 Å². The molecule has 4 nitrogen and oxygen atoms in total. The Morgan fingerprint density at radius 3 is 2.90 bits per heavy atom. The van der Waals surface area contributed by atoms with E-state index in [2.05, 4.69) is 5.32 Å². The van der Waals surface area contributed by atoms with Crippen LogP contribution < -0.4 is 5.32 Å². The van der Waals surface area contributed by atoms with E-state index in [-0.39, 0.29) is 17.3 Å². The van der Waals surface area contributed by atoms with Crippen molar-refractivity contribution in [2.24, 2.45) is 0 Å². The minimum absolute atomic E-state index is 0.149. The molecule has 0 radical (unpaired) electrons. The van der Waals surface area contributed by atoms with E-state index in [4.69, 9.17) is 4.74 Å². The van der Waals surface area contributed by atoms with Crippen molar-refractivity contribution in [1.29, 1.82) is 0 Å². The zero-order valence-corrected chi connectivity index (χ0v) is 12.9. The quantitative estimate of drug-likeness (QED) is 0.928. The first-order chi connectivity index (χ1) is 9.94. The maximum absolute atomic E-state index is 14.0. The summed E-state index contributed by atoms with van der Waals surface area (Å²) in [4.78, 5) is 14.4. The summed E-state index contributed by atoms with van der Waals surface area (Å²) in [6.07, 6.45) is 0.868. The maximum Gasteiger partial charge on any atom is 0.256 e. The smallest absolute Gasteiger partial charge is 0.256 e. The molecule has 116 valence electrons. The van der Waals surface area contributed by atoms with Crippen molar-refractivity contribution in [2.75, 3.05) is 31.6 Å². The molecule has 2 rings (SSSR count). The molecule has 1 aliphatic rings. The number of carbonyl (C=O) groups excluding carboxylic acids is 1. The van der Waals surface area contributed by atoms with Gasteiger partial charge in [0.25, 0.3) is 5.91 Å². The lowest BCUT2D eigenvalue weighted by Gasteiger charge is -2.38. The van der Waals surface area contributed by atoms with Gasteiger partial charge in [0.2, 0.25) is 0 Å². The lowest BCUT2D eigenvalue weighted by molar-refractivity contribution is -0.0763. The average molecular weight is 294 g/mol. The number of nitrogens with one attached hydrogen (secondary N) is 1. The van der Waals surface area contributed by atoms with Crippen LogP contribution in [0.5, 0.6) is 0 Å². The van der Waals surface area contributed by atoms with Gasteiger partial charge in [-0.1, -0.05) is 13.0 Å². The number of ether oxygens (including phenoxy) is 1. The lowest BCUT2D eigenvalue weighted by Crippen LogP contribution is -2.50. The number of nitrogens with zero attached hydrogens (tertiary/aromatic N) is 1. The van der Waals surface area contributed by atoms with Gasteiger partial charge in [0.15, 0.2) is 0 Å². The number of hydrogen-bond donors (Lipinski definition) is 1. The summed E-state index contributed by atoms with van der Waals surface area (Å²) < 4.78 is 19.6. The second kappa shape index (κ2) is 6.43. The molecule has 0 aromatic heterocycles. The third-order valence-corrected chi connectivity index (χ3v) is 3.51. The van der Waals surface area contributed by atoms with Crippen LogP contribution in [0.15, 0.2) is 18.2 Å². The van der Waals surface area contributed by atoms with Gasteiger partial charge in [-0.2, -0.15) is 0 Å². The molecular formula is C16H23FN2O2. The molecule has 0 aliphatic carbocycles. The van der Waals surface area contributed by atoms with Crippen molar-refractivity contribution < 1.29 is 13.9 Å². The molecule has 1 fully saturated rings. The molecule has 21 heavy (non-hydrogen) atoms. The summed E-state index contributed by atoms with van der Waals surface area (Å²) >= 11 is 0. The number of morpholine rings is 1. The number of hydrogen-bond acceptors (Lipinski definition) is 3. The van der Waals surface area contributed by atoms with E-state index in [1.807, 2.05) is 20.8 Å². The Morgan fingerprint density at radius 1 is 1.48 bits per heavy atom. The van der Waals surface area contributed by atoms with Crippen LogP contribution in [-0.2, 0) is 4.74 Å². The Balaban J connectivity index is 2.24. The molecule has 1 heterocycles. The van der Waals surface area contributed by atoms with Crippen LogP contribution in [0.25, 0.3) is 0 Å². The second-order valence-electron chi connectivity index (χ2n) is 5.92. The SMILES string of the molecule is CCCNc1c(F)cccc1C(=O)N1CCOC(C)(C)C1. The standard InChI is InChI=1S/C16H23FN2O2/c1-4-8-18-14-12(6-5-7-13(14)17)15(20)19-9-10-21-16(2,3)11-19/h5-7,18H,4,8-11H2,1-3H3. The van der Waals surface area contributed by atoms with Crippen molar-refractivity contribution in [2.45, 2.75) is 32.8 Å². The predicted molar refractivity (Wildman–Crippen MR) is 81.1 cm³/mol. The van der Waals surface area contributed by atoms with Gasteiger partial charge >= 0.3 is 0 Å². The molecule has 1 amide bonds. The van der Waals surface area contributed by atoms with Crippen LogP contribution in [0.4, 0.5) is 10.1 Å². The molecule has 0 spiro atoms. The topological polar surface area (TPSA) is 41.6 Å². The van der Waals surface area contributed by atoms with Crippen molar-refractivity contribution in [3.05, 3.63) is 29.6 Å². The molecule has 1 aliphatic heterocycles. The molecule has 0 saturated carbocycles. The monoisotopic (exact) mass is 294 g/mol. The van der Waals surface area contributed by atoms with E-state index in [0.717, 1.165) is 6.42 Å². The number of para-hydroxylation sites is 1. The molecule has 0 unspecified atom stereocenters. The highest BCUT2D eigenvalue weighted by molar-refractivity contribution is 5.99. The fraction of sp³-hybridized carbons (Fsp3) is 0.562. The van der Waals surface area contributed by atoms with E-state index in [1.165, 1.54) is 6.07 Å². The summed E-state index contributed by atoms with van der Waals surface area (Å²) in [7, 11) is 0. The first kappa shape index (κ1) is 15.8. The maximum atomic E-state index is 14.0. The molecule has 5 heteroatoms. The van der Waals surface area contributed by atoms with Crippen molar-refractivity contribution in [3.63, 3.8) is 0 Å². The van der Waals surface area contributed by atoms with Crippen LogP contribution in [0, 0.1) is 5.82 Å². The van der Waals surface area contributed by atoms with Gasteiger partial charge in [-0.25, -0.2) is 4.39 Å². The van der Waals surface area contributed by atoms with Gasteiger partial charge in [0, 0.05) is 19.6 Å². The molecule has 1 N–H and O–H groups in total. The molecule has 0 atom stereocenters. The highest BCUT2D eigenvalue weighted by atomic mass is 19.1. The summed E-state index contributed by atoms with van der Waals surface area (Å²) in [6, 6.07) is 4.62. The van der Waals surface area contributed by atoms with E-state index in [0.29, 0.717) is 37.5 Å². The summed E-state index contributed by atoms with van der Waals surface area (Å²) in [5, 5.41) is 3.02. The van der Waals surface area contributed by atoms with Crippen LogP contribution in [0.1, 0.15) is 37.6 Å². The highest BCUT2D eigenvalue weighted by Gasteiger charge is 2.31. The minimum atomic E-state index is -0.387. The summed E-state index contributed by atoms with van der Waals surface area (Å²) in [6.45, 7) is 8.09. The van der Waals surface area contributed by atoms with Gasteiger partial charge in [0.1, 0.15) is 5.82 Å². The molecule has 1 aromatic rings. The van der Waals surface area contributed by atoms with Crippen LogP contribution in [-0.4, -0.2) is 42.6 Å². The van der Waals surface area contributed by atoms with Crippen LogP contribution in [0.2, 0.25) is 0 Å². The summed E-state index contributed by atoms with van der Waals surface area (Å²) in [5.41, 5.74) is 0.327. The zero-order valence-electron chi connectivity index (χ0n) is 12.9. The fourth-order valence-electron chi connectivity index (χ4n) is 2.49. The third kappa shape index (κ3) is 3.73. The Morgan fingerprint density at radius 2 is 2.24 bits per heavy atom. The van der Waals surface area contributed by atoms with Crippen LogP contribution in [0.3, 0.4) is 0 Å². The molecule has 1 aromatic carbocycles. The molecule has 0 bridgehead atoms. The van der Waals surface area contributed by atoms with Gasteiger partial charge < -0.3 is 15.0 Å². The number of benzene rings is 1. The van der Waals surface area contributed by atoms with Gasteiger partial charge in [-0.15, -0.1) is 0 Å². The first-order valence-corrected chi connectivity index (χ1v) is 7.40. The highest BCUT2D eigenvalue weighted by Crippen LogP contribution is 2.24. The van der Waals surface area contributed by atoms with E-state index in [1.54, 1.807) is 17.0 Å². The second-order valence-corrected chi connectivity index (χ2v) is 5.92. The Kier molecular flexibility index (Phi) is 4.83. The zero-order chi connectivity index (χ0) is 15.5. The van der Waals surface area contributed by atoms with E-state index < -0.39 is 0 Å². The molecular weight excluding hydrogens is 271 g/mol. The van der Waals surface area contributed by atoms with Crippen LogP contribution >= 0.6 is 0 Å². The predicted octanol–water partition coefficient (Wildman–Crippen LogP) is 2.90. The normalized spacial score (nSPS) is 17.6. The number of amides is 1. The average Bonchev–Trinajstić information content (AvgIpc) is 2.44. The van der Waals surface area contributed by atoms with Crippen molar-refractivity contribution in [3.8, 4) is 0 Å². The number of rotatable bonds is 4. The van der Waals surface area contributed by atoms with Crippen molar-refractivity contribution >= 4 is 11.6 Å². The number of halogens is 1. The van der Waals surface area contributed by atoms with E-state index >= 15 is 0 Å². The third-order valence-electron chi connectivity index (χ3n) is 3.51. The van der Waals surface area contributed by atoms with Crippen molar-refractivity contribution in [1.82, 2.24) is 4.90 Å². The van der Waals surface area contributed by atoms with Gasteiger partial charge in [-0.05, 0) is 32.4 Å². The lowest BCUT2D eigenvalue weighted by atomic mass is 10.1. The first-order valence-electron chi connectivity index (χ1n) is 7.40.